The van der Waals surface area contributed by atoms with Crippen LogP contribution in [0.25, 0.3) is 60.1 Å². The number of hydrogen-bond acceptors (Lipinski definition) is 4. The van der Waals surface area contributed by atoms with Crippen LogP contribution in [0.2, 0.25) is 0 Å². The van der Waals surface area contributed by atoms with E-state index in [1.54, 1.807) is 0 Å². The molecule has 0 amide bonds. The molecule has 1 N–H and O–H groups in total. The Hall–Kier alpha value is -6.81. The van der Waals surface area contributed by atoms with Crippen LogP contribution in [-0.4, -0.2) is 16.6 Å². The maximum absolute atomic E-state index is 6.89. The number of benzene rings is 7. The van der Waals surface area contributed by atoms with E-state index in [0.717, 1.165) is 45.6 Å². The highest BCUT2D eigenvalue weighted by Gasteiger charge is 2.26. The highest BCUT2D eigenvalue weighted by molar-refractivity contribution is 7.61. The number of para-hydroxylation sites is 3. The van der Waals surface area contributed by atoms with Crippen molar-refractivity contribution in [1.29, 1.82) is 0 Å². The first-order valence-corrected chi connectivity index (χ1v) is 22.5. The molecule has 3 aromatic heterocycles. The number of aromatic nitrogens is 2. The van der Waals surface area contributed by atoms with Crippen molar-refractivity contribution in [3.05, 3.63) is 182 Å². The number of hydrogen-bond donors (Lipinski definition) is 1. The van der Waals surface area contributed by atoms with Crippen LogP contribution in [0, 0.1) is 0 Å². The number of anilines is 4. The van der Waals surface area contributed by atoms with Crippen molar-refractivity contribution in [1.82, 2.24) is 9.55 Å². The highest BCUT2D eigenvalue weighted by Crippen LogP contribution is 2.59. The third-order valence-electron chi connectivity index (χ3n) is 11.9. The fraction of sp³-hybridized carbons (Fsp3) is 0.145. The van der Waals surface area contributed by atoms with E-state index in [0.29, 0.717) is 5.66 Å². The number of rotatable bonds is 10. The van der Waals surface area contributed by atoms with Gasteiger partial charge in [-0.25, -0.2) is 4.98 Å². The maximum Gasteiger partial charge on any atom is 0.137 e. The van der Waals surface area contributed by atoms with Crippen LogP contribution >= 0.6 is 7.53 Å². The van der Waals surface area contributed by atoms with Crippen LogP contribution in [0.5, 0.6) is 11.5 Å². The average molecular weight is 813 g/mol. The monoisotopic (exact) mass is 812 g/mol. The van der Waals surface area contributed by atoms with E-state index >= 15 is 0 Å². The van der Waals surface area contributed by atoms with Gasteiger partial charge in [-0.15, -0.1) is 7.53 Å². The Kier molecular flexibility index (Phi) is 9.65. The molecular formula is C55H49N4OP. The number of nitrogens with zero attached hydrogens (tertiary/aromatic N) is 3. The van der Waals surface area contributed by atoms with Crippen molar-refractivity contribution in [2.45, 2.75) is 45.7 Å². The van der Waals surface area contributed by atoms with Gasteiger partial charge < -0.3 is 15.0 Å². The van der Waals surface area contributed by atoms with Gasteiger partial charge in [0.2, 0.25) is 0 Å². The van der Waals surface area contributed by atoms with Crippen molar-refractivity contribution < 1.29 is 4.74 Å². The minimum atomic E-state index is -0.563. The van der Waals surface area contributed by atoms with Crippen molar-refractivity contribution in [2.75, 3.05) is 17.3 Å². The third kappa shape index (κ3) is 6.89. The van der Waals surface area contributed by atoms with Crippen LogP contribution in [0.15, 0.2) is 176 Å². The van der Waals surface area contributed by atoms with Crippen LogP contribution < -0.4 is 15.0 Å². The van der Waals surface area contributed by atoms with E-state index < -0.39 is 7.53 Å². The summed E-state index contributed by atoms with van der Waals surface area (Å²) >= 11 is 0. The average Bonchev–Trinajstić information content (AvgIpc) is 3.80. The second-order valence-electron chi connectivity index (χ2n) is 17.2. The van der Waals surface area contributed by atoms with Crippen molar-refractivity contribution in [3.8, 4) is 39.6 Å². The first-order valence-electron chi connectivity index (χ1n) is 21.1. The molecule has 0 saturated carbocycles. The zero-order valence-corrected chi connectivity index (χ0v) is 36.4. The normalized spacial score (nSPS) is 12.2. The lowest BCUT2D eigenvalue weighted by Crippen LogP contribution is -2.14. The quantitative estimate of drug-likeness (QED) is 0.149. The van der Waals surface area contributed by atoms with Gasteiger partial charge in [0, 0.05) is 63.2 Å². The van der Waals surface area contributed by atoms with Crippen molar-refractivity contribution in [2.24, 2.45) is 0 Å². The Labute approximate surface area is 359 Å². The van der Waals surface area contributed by atoms with E-state index in [-0.39, 0.29) is 5.41 Å². The lowest BCUT2D eigenvalue weighted by atomic mass is 9.88. The van der Waals surface area contributed by atoms with Crippen molar-refractivity contribution in [3.63, 3.8) is 0 Å². The molecular weight excluding hydrogens is 764 g/mol. The first kappa shape index (κ1) is 38.4. The molecule has 0 saturated heterocycles. The summed E-state index contributed by atoms with van der Waals surface area (Å²) < 4.78 is 9.23. The zero-order chi connectivity index (χ0) is 41.8. The Bertz CT molecular complexity index is 3120. The van der Waals surface area contributed by atoms with E-state index in [1.165, 1.54) is 54.3 Å². The van der Waals surface area contributed by atoms with Gasteiger partial charge in [-0.1, -0.05) is 144 Å². The van der Waals surface area contributed by atoms with Gasteiger partial charge in [0.1, 0.15) is 17.3 Å². The van der Waals surface area contributed by atoms with Crippen molar-refractivity contribution >= 4 is 62.3 Å². The molecule has 10 aromatic rings. The minimum Gasteiger partial charge on any atom is -0.457 e. The first-order chi connectivity index (χ1) is 29.6. The number of ether oxygens (including phenoxy) is 1. The molecule has 0 aliphatic heterocycles. The topological polar surface area (TPSA) is 42.3 Å². The van der Waals surface area contributed by atoms with Crippen LogP contribution in [-0.2, 0) is 5.41 Å². The summed E-state index contributed by atoms with van der Waals surface area (Å²) in [5.41, 5.74) is 12.9. The Morgan fingerprint density at radius 1 is 0.623 bits per heavy atom. The molecule has 0 fully saturated rings. The minimum absolute atomic E-state index is 0.00317. The van der Waals surface area contributed by atoms with Gasteiger partial charge in [0.25, 0.3) is 0 Å². The number of nitrogens with one attached hydrogen (secondary N) is 1. The molecule has 3 heterocycles. The molecule has 0 radical (unpaired) electrons. The molecule has 0 aliphatic rings. The molecule has 6 heteroatoms. The molecule has 10 rings (SSSR count). The molecule has 0 spiro atoms. The summed E-state index contributed by atoms with van der Waals surface area (Å²) in [7, 11) is 1.60. The molecule has 1 atom stereocenters. The van der Waals surface area contributed by atoms with E-state index in [2.05, 4.69) is 220 Å². The summed E-state index contributed by atoms with van der Waals surface area (Å²) in [4.78, 5) is 7.27. The summed E-state index contributed by atoms with van der Waals surface area (Å²) in [6, 6.07) is 60.4. The van der Waals surface area contributed by atoms with Gasteiger partial charge in [-0.3, -0.25) is 4.57 Å². The molecule has 0 aliphatic carbocycles. The zero-order valence-electron chi connectivity index (χ0n) is 35.5. The van der Waals surface area contributed by atoms with Gasteiger partial charge in [0.05, 0.1) is 28.1 Å². The second-order valence-corrected chi connectivity index (χ2v) is 20.0. The molecule has 1 unspecified atom stereocenters. The largest absolute Gasteiger partial charge is 0.457 e. The van der Waals surface area contributed by atoms with Gasteiger partial charge in [-0.05, 0) is 76.3 Å². The molecule has 5 nitrogen and oxygen atoms in total. The van der Waals surface area contributed by atoms with Crippen LogP contribution in [0.1, 0.15) is 45.8 Å². The maximum atomic E-state index is 6.89. The Morgan fingerprint density at radius 3 is 1.98 bits per heavy atom. The molecule has 7 aromatic carbocycles. The summed E-state index contributed by atoms with van der Waals surface area (Å²) in [6.07, 6.45) is 1.95. The van der Waals surface area contributed by atoms with Gasteiger partial charge >= 0.3 is 0 Å². The molecule has 0 bridgehead atoms. The Balaban J connectivity index is 1.03. The fourth-order valence-corrected chi connectivity index (χ4v) is 11.9. The predicted molar refractivity (Wildman–Crippen MR) is 261 cm³/mol. The van der Waals surface area contributed by atoms with E-state index in [9.17, 15) is 0 Å². The lowest BCUT2D eigenvalue weighted by molar-refractivity contribution is 0.484. The SMILES string of the molecule is CC(C)p1c2cccc3c2c2c(cc(Oc4cccc(Nc5ccccc5N(C)c5c(-c6ccccc6)cccc5-c5ccccc5)c4)cc21)n3-c1cc(C(C)(C)C)ccn1. The lowest BCUT2D eigenvalue weighted by Gasteiger charge is -2.28. The van der Waals surface area contributed by atoms with Crippen LogP contribution in [0.4, 0.5) is 22.7 Å². The summed E-state index contributed by atoms with van der Waals surface area (Å²) in [6.45, 7) is 11.5. The number of pyridine rings is 1. The van der Waals surface area contributed by atoms with Gasteiger partial charge in [0.15, 0.2) is 0 Å². The fourth-order valence-electron chi connectivity index (χ4n) is 9.04. The van der Waals surface area contributed by atoms with Crippen LogP contribution in [0.3, 0.4) is 0 Å². The highest BCUT2D eigenvalue weighted by atomic mass is 31.1. The van der Waals surface area contributed by atoms with E-state index in [1.807, 2.05) is 12.3 Å². The molecule has 61 heavy (non-hydrogen) atoms. The summed E-state index contributed by atoms with van der Waals surface area (Å²) in [5, 5.41) is 9.30. The van der Waals surface area contributed by atoms with E-state index in [4.69, 9.17) is 9.72 Å². The predicted octanol–water partition coefficient (Wildman–Crippen LogP) is 16.3. The Morgan fingerprint density at radius 2 is 1.28 bits per heavy atom. The smallest absolute Gasteiger partial charge is 0.137 e. The van der Waals surface area contributed by atoms with Gasteiger partial charge in [-0.2, -0.15) is 0 Å². The summed E-state index contributed by atoms with van der Waals surface area (Å²) in [5.74, 6) is 2.53. The standard InChI is InChI=1S/C55H49N4OP/c1-36(2)61-49-29-17-28-47-52(49)53-48(59(47)51-32-39(30-31-56-51)55(3,4)5)34-42(35-50(53)61)60-41-23-15-22-40(33-41)57-45-26-13-14-27-46(45)58(6)54-43(37-18-9-7-10-19-37)24-16-25-44(54)38-20-11-8-12-21-38/h7-36,57H,1-6H3. The molecule has 300 valence electrons. The second kappa shape index (κ2) is 15.3. The third-order valence-corrected chi connectivity index (χ3v) is 14.7.